The highest BCUT2D eigenvalue weighted by Crippen LogP contribution is 2.47. The van der Waals surface area contributed by atoms with Crippen LogP contribution in [0, 0.1) is 11.6 Å². The Hall–Kier alpha value is -4.03. The van der Waals surface area contributed by atoms with Crippen molar-refractivity contribution in [1.82, 2.24) is 4.90 Å². The zero-order valence-electron chi connectivity index (χ0n) is 21.0. The van der Waals surface area contributed by atoms with Gasteiger partial charge in [0, 0.05) is 29.9 Å². The molecule has 0 radical (unpaired) electrons. The normalized spacial score (nSPS) is 16.4. The van der Waals surface area contributed by atoms with Gasteiger partial charge in [-0.25, -0.2) is 13.6 Å². The largest absolute Gasteiger partial charge is 0.326 e. The maximum absolute atomic E-state index is 14.4. The first-order chi connectivity index (χ1) is 18.5. The van der Waals surface area contributed by atoms with E-state index >= 15 is 0 Å². The maximum Gasteiger partial charge on any atom is 0.326 e. The number of halogens is 2. The molecule has 0 unspecified atom stereocenters. The van der Waals surface area contributed by atoms with Crippen LogP contribution >= 0.6 is 0 Å². The molecule has 6 rings (SSSR count). The molecule has 6 heteroatoms. The van der Waals surface area contributed by atoms with Crippen LogP contribution < -0.4 is 10.2 Å². The van der Waals surface area contributed by atoms with Crippen molar-refractivity contribution in [3.63, 3.8) is 0 Å². The second-order valence-electron chi connectivity index (χ2n) is 10.3. The first kappa shape index (κ1) is 24.3. The van der Waals surface area contributed by atoms with Crippen LogP contribution in [0.1, 0.15) is 24.0 Å². The first-order valence-corrected chi connectivity index (χ1v) is 13.0. The summed E-state index contributed by atoms with van der Waals surface area (Å²) in [5.74, 6) is -0.648. The molecule has 1 spiro atoms. The monoisotopic (exact) mass is 509 g/mol. The van der Waals surface area contributed by atoms with Crippen molar-refractivity contribution in [3.8, 4) is 11.1 Å². The van der Waals surface area contributed by atoms with E-state index in [1.165, 1.54) is 47.0 Å². The molecule has 2 aliphatic rings. The Bertz CT molecular complexity index is 1450. The molecule has 192 valence electrons. The number of nitrogens with zero attached hydrogens (tertiary/aromatic N) is 2. The number of rotatable bonds is 4. The van der Waals surface area contributed by atoms with Crippen LogP contribution in [0.5, 0.6) is 0 Å². The highest BCUT2D eigenvalue weighted by Gasteiger charge is 2.46. The third-order valence-electron chi connectivity index (χ3n) is 7.93. The lowest BCUT2D eigenvalue weighted by atomic mass is 9.74. The Morgan fingerprint density at radius 3 is 2.26 bits per heavy atom. The Kier molecular flexibility index (Phi) is 6.42. The van der Waals surface area contributed by atoms with E-state index in [2.05, 4.69) is 58.7 Å². The Morgan fingerprint density at radius 1 is 0.816 bits per heavy atom. The summed E-state index contributed by atoms with van der Waals surface area (Å²) < 4.78 is 27.7. The number of urea groups is 1. The van der Waals surface area contributed by atoms with Gasteiger partial charge in [-0.3, -0.25) is 9.80 Å². The highest BCUT2D eigenvalue weighted by atomic mass is 19.1. The number of hydrogen-bond acceptors (Lipinski definition) is 2. The maximum atomic E-state index is 14.4. The molecule has 2 amide bonds. The number of carbonyl (C=O) groups is 1. The van der Waals surface area contributed by atoms with Gasteiger partial charge in [0.05, 0.1) is 0 Å². The van der Waals surface area contributed by atoms with E-state index in [0.29, 0.717) is 12.2 Å². The van der Waals surface area contributed by atoms with Crippen LogP contribution in [0.2, 0.25) is 0 Å². The number of piperidine rings is 1. The Labute approximate surface area is 221 Å². The summed E-state index contributed by atoms with van der Waals surface area (Å²) in [6, 6.07) is 29.1. The molecule has 0 bridgehead atoms. The van der Waals surface area contributed by atoms with Gasteiger partial charge in [-0.2, -0.15) is 0 Å². The molecule has 0 aliphatic carbocycles. The van der Waals surface area contributed by atoms with E-state index in [-0.39, 0.29) is 23.1 Å². The number of likely N-dealkylation sites (tertiary alicyclic amines) is 1. The lowest BCUT2D eigenvalue weighted by molar-refractivity contribution is 0.160. The lowest BCUT2D eigenvalue weighted by Crippen LogP contribution is -2.46. The Morgan fingerprint density at radius 2 is 1.50 bits per heavy atom. The minimum absolute atomic E-state index is 0.289. The number of anilines is 2. The predicted molar refractivity (Wildman–Crippen MR) is 147 cm³/mol. The van der Waals surface area contributed by atoms with E-state index < -0.39 is 0 Å². The summed E-state index contributed by atoms with van der Waals surface area (Å²) in [6.07, 6.45) is 1.66. The van der Waals surface area contributed by atoms with Crippen LogP contribution in [0.4, 0.5) is 25.0 Å². The zero-order chi connectivity index (χ0) is 26.1. The fourth-order valence-corrected chi connectivity index (χ4v) is 5.91. The number of carbonyl (C=O) groups excluding carboxylic acids is 1. The first-order valence-electron chi connectivity index (χ1n) is 13.0. The average Bonchev–Trinajstić information content (AvgIpc) is 3.25. The summed E-state index contributed by atoms with van der Waals surface area (Å²) in [5, 5.41) is 2.87. The van der Waals surface area contributed by atoms with Crippen LogP contribution in [0.3, 0.4) is 0 Å². The highest BCUT2D eigenvalue weighted by molar-refractivity contribution is 6.03. The minimum Gasteiger partial charge on any atom is -0.308 e. The van der Waals surface area contributed by atoms with E-state index in [4.69, 9.17) is 0 Å². The molecule has 1 fully saturated rings. The standard InChI is InChI=1S/C32H29F2N3O/c33-25-10-13-27(14-11-25)35-31(38)37-22-32(29-20-26(34)12-15-30(29)37)16-18-36(19-17-32)21-24-8-4-5-9-28(24)23-6-2-1-3-7-23/h1-15,20H,16-19,21-22H2,(H,35,38). The number of benzene rings is 4. The number of nitrogens with one attached hydrogen (secondary N) is 1. The van der Waals surface area contributed by atoms with Gasteiger partial charge in [-0.1, -0.05) is 54.6 Å². The zero-order valence-corrected chi connectivity index (χ0v) is 21.0. The van der Waals surface area contributed by atoms with Crippen LogP contribution in [-0.2, 0) is 12.0 Å². The lowest BCUT2D eigenvalue weighted by Gasteiger charge is -2.40. The van der Waals surface area contributed by atoms with E-state index in [1.54, 1.807) is 17.0 Å². The molecule has 0 atom stereocenters. The molecule has 4 nitrogen and oxygen atoms in total. The summed E-state index contributed by atoms with van der Waals surface area (Å²) in [6.45, 7) is 3.04. The second kappa shape index (κ2) is 10.0. The topological polar surface area (TPSA) is 35.6 Å². The number of amides is 2. The molecular weight excluding hydrogens is 480 g/mol. The smallest absolute Gasteiger partial charge is 0.308 e. The van der Waals surface area contributed by atoms with Gasteiger partial charge >= 0.3 is 6.03 Å². The van der Waals surface area contributed by atoms with E-state index in [1.807, 2.05) is 6.07 Å². The van der Waals surface area contributed by atoms with Gasteiger partial charge in [0.25, 0.3) is 0 Å². The number of fused-ring (bicyclic) bond motifs is 2. The van der Waals surface area contributed by atoms with Crippen LogP contribution in [0.25, 0.3) is 11.1 Å². The quantitative estimate of drug-likeness (QED) is 0.315. The van der Waals surface area contributed by atoms with Crippen molar-refractivity contribution in [2.24, 2.45) is 0 Å². The summed E-state index contributed by atoms with van der Waals surface area (Å²) >= 11 is 0. The molecule has 1 N–H and O–H groups in total. The molecule has 4 aromatic rings. The van der Waals surface area contributed by atoms with Gasteiger partial charge in [0.15, 0.2) is 0 Å². The summed E-state index contributed by atoms with van der Waals surface area (Å²) in [7, 11) is 0. The van der Waals surface area contributed by atoms with E-state index in [9.17, 15) is 13.6 Å². The Balaban J connectivity index is 1.20. The van der Waals surface area contributed by atoms with Gasteiger partial charge in [-0.05, 0) is 90.6 Å². The van der Waals surface area contributed by atoms with Crippen molar-refractivity contribution in [1.29, 1.82) is 0 Å². The van der Waals surface area contributed by atoms with Gasteiger partial charge in [0.1, 0.15) is 11.6 Å². The van der Waals surface area contributed by atoms with Crippen molar-refractivity contribution in [2.45, 2.75) is 24.8 Å². The summed E-state index contributed by atoms with van der Waals surface area (Å²) in [4.78, 5) is 17.4. The third kappa shape index (κ3) is 4.68. The van der Waals surface area contributed by atoms with Crippen molar-refractivity contribution < 1.29 is 13.6 Å². The average molecular weight is 510 g/mol. The van der Waals surface area contributed by atoms with Crippen molar-refractivity contribution in [3.05, 3.63) is 120 Å². The van der Waals surface area contributed by atoms with Crippen LogP contribution in [-0.4, -0.2) is 30.6 Å². The van der Waals surface area contributed by atoms with Crippen molar-refractivity contribution >= 4 is 17.4 Å². The molecular formula is C32H29F2N3O. The second-order valence-corrected chi connectivity index (χ2v) is 10.3. The molecule has 2 aliphatic heterocycles. The molecule has 38 heavy (non-hydrogen) atoms. The van der Waals surface area contributed by atoms with E-state index in [0.717, 1.165) is 43.7 Å². The fraction of sp³-hybridized carbons (Fsp3) is 0.219. The van der Waals surface area contributed by atoms with Crippen molar-refractivity contribution in [2.75, 3.05) is 29.9 Å². The predicted octanol–water partition coefficient (Wildman–Crippen LogP) is 7.22. The minimum atomic E-state index is -0.359. The molecule has 0 aromatic heterocycles. The van der Waals surface area contributed by atoms with Gasteiger partial charge in [-0.15, -0.1) is 0 Å². The van der Waals surface area contributed by atoms with Crippen LogP contribution in [0.15, 0.2) is 97.1 Å². The molecule has 1 saturated heterocycles. The van der Waals surface area contributed by atoms with Gasteiger partial charge in [0.2, 0.25) is 0 Å². The fourth-order valence-electron chi connectivity index (χ4n) is 5.91. The molecule has 0 saturated carbocycles. The number of hydrogen-bond donors (Lipinski definition) is 1. The SMILES string of the molecule is O=C(Nc1ccc(F)cc1)N1CC2(CCN(Cc3ccccc3-c3ccccc3)CC2)c2cc(F)ccc21. The molecule has 4 aromatic carbocycles. The molecule has 2 heterocycles. The van der Waals surface area contributed by atoms with Gasteiger partial charge < -0.3 is 5.32 Å². The third-order valence-corrected chi connectivity index (χ3v) is 7.93. The summed E-state index contributed by atoms with van der Waals surface area (Å²) in [5.41, 5.74) is 5.60.